The minimum atomic E-state index is -0.580. The van der Waals surface area contributed by atoms with Gasteiger partial charge in [-0.1, -0.05) is 0 Å². The summed E-state index contributed by atoms with van der Waals surface area (Å²) >= 11 is 0. The van der Waals surface area contributed by atoms with Crippen LogP contribution in [0, 0.1) is 0 Å². The molecule has 0 amide bonds. The molecule has 0 saturated heterocycles. The Morgan fingerprint density at radius 2 is 1.89 bits per heavy atom. The van der Waals surface area contributed by atoms with Crippen LogP contribution in [0.15, 0.2) is 12.2 Å². The first-order chi connectivity index (χ1) is 8.88. The van der Waals surface area contributed by atoms with Crippen molar-refractivity contribution in [1.29, 1.82) is 0 Å². The van der Waals surface area contributed by atoms with E-state index >= 15 is 0 Å². The summed E-state index contributed by atoms with van der Waals surface area (Å²) in [7, 11) is 0. The van der Waals surface area contributed by atoms with Crippen LogP contribution in [-0.2, 0) is 28.5 Å². The van der Waals surface area contributed by atoms with Gasteiger partial charge in [0.15, 0.2) is 6.29 Å². The van der Waals surface area contributed by atoms with E-state index in [-0.39, 0.29) is 12.7 Å². The topological polar surface area (TPSA) is 71.1 Å². The highest BCUT2D eigenvalue weighted by Crippen LogP contribution is 2.18. The lowest BCUT2D eigenvalue weighted by Crippen LogP contribution is -2.42. The standard InChI is InChI=1S/C13H20O6/c1-8(2)17-13-6-5-11(18-10(4)15)12(19-13)7-16-9(3)14/h5-6,8,11-13H,7H2,1-4H3/t11-,12+,13+/m0/s1. The van der Waals surface area contributed by atoms with Gasteiger partial charge in [0, 0.05) is 13.8 Å². The molecular formula is C13H20O6. The van der Waals surface area contributed by atoms with E-state index in [2.05, 4.69) is 0 Å². The van der Waals surface area contributed by atoms with Gasteiger partial charge in [0.25, 0.3) is 0 Å². The molecule has 1 aliphatic rings. The number of carbonyl (C=O) groups excluding carboxylic acids is 2. The fourth-order valence-corrected chi connectivity index (χ4v) is 1.61. The zero-order chi connectivity index (χ0) is 14.4. The summed E-state index contributed by atoms with van der Waals surface area (Å²) in [5, 5.41) is 0. The zero-order valence-electron chi connectivity index (χ0n) is 11.6. The van der Waals surface area contributed by atoms with Gasteiger partial charge in [-0.3, -0.25) is 9.59 Å². The molecule has 0 saturated carbocycles. The minimum Gasteiger partial charge on any atom is -0.463 e. The quantitative estimate of drug-likeness (QED) is 0.553. The number of ether oxygens (including phenoxy) is 4. The van der Waals surface area contributed by atoms with Crippen LogP contribution < -0.4 is 0 Å². The third kappa shape index (κ3) is 5.85. The van der Waals surface area contributed by atoms with Crippen molar-refractivity contribution < 1.29 is 28.5 Å². The van der Waals surface area contributed by atoms with Gasteiger partial charge in [-0.15, -0.1) is 0 Å². The first-order valence-corrected chi connectivity index (χ1v) is 6.18. The molecule has 6 nitrogen and oxygen atoms in total. The van der Waals surface area contributed by atoms with Crippen molar-refractivity contribution in [3.8, 4) is 0 Å². The predicted octanol–water partition coefficient (Wildman–Crippen LogP) is 1.19. The Hall–Kier alpha value is -1.40. The maximum atomic E-state index is 11.0. The maximum absolute atomic E-state index is 11.0. The normalized spacial score (nSPS) is 26.3. The van der Waals surface area contributed by atoms with Crippen molar-refractivity contribution in [2.24, 2.45) is 0 Å². The van der Waals surface area contributed by atoms with E-state index in [0.717, 1.165) is 0 Å². The van der Waals surface area contributed by atoms with Crippen molar-refractivity contribution in [3.63, 3.8) is 0 Å². The largest absolute Gasteiger partial charge is 0.463 e. The zero-order valence-corrected chi connectivity index (χ0v) is 11.6. The summed E-state index contributed by atoms with van der Waals surface area (Å²) in [6.45, 7) is 6.40. The van der Waals surface area contributed by atoms with Gasteiger partial charge in [0.2, 0.25) is 0 Å². The second-order valence-electron chi connectivity index (χ2n) is 4.49. The number of carbonyl (C=O) groups is 2. The molecule has 1 aliphatic heterocycles. The van der Waals surface area contributed by atoms with Crippen LogP contribution in [0.1, 0.15) is 27.7 Å². The van der Waals surface area contributed by atoms with Crippen LogP contribution in [0.3, 0.4) is 0 Å². The predicted molar refractivity (Wildman–Crippen MR) is 66.2 cm³/mol. The van der Waals surface area contributed by atoms with Gasteiger partial charge in [-0.2, -0.15) is 0 Å². The third-order valence-electron chi connectivity index (χ3n) is 2.29. The first-order valence-electron chi connectivity index (χ1n) is 6.18. The Balaban J connectivity index is 2.65. The van der Waals surface area contributed by atoms with Gasteiger partial charge in [0.1, 0.15) is 18.8 Å². The highest BCUT2D eigenvalue weighted by Gasteiger charge is 2.31. The van der Waals surface area contributed by atoms with Crippen LogP contribution >= 0.6 is 0 Å². The average molecular weight is 272 g/mol. The lowest BCUT2D eigenvalue weighted by Gasteiger charge is -2.31. The molecule has 0 aromatic rings. The van der Waals surface area contributed by atoms with Crippen molar-refractivity contribution >= 4 is 11.9 Å². The number of hydrogen-bond acceptors (Lipinski definition) is 6. The third-order valence-corrected chi connectivity index (χ3v) is 2.29. The van der Waals surface area contributed by atoms with Gasteiger partial charge in [-0.25, -0.2) is 0 Å². The van der Waals surface area contributed by atoms with Gasteiger partial charge < -0.3 is 18.9 Å². The number of rotatable bonds is 5. The lowest BCUT2D eigenvalue weighted by molar-refractivity contribution is -0.205. The van der Waals surface area contributed by atoms with Crippen LogP contribution in [0.2, 0.25) is 0 Å². The van der Waals surface area contributed by atoms with E-state index in [4.69, 9.17) is 18.9 Å². The molecule has 0 unspecified atom stereocenters. The van der Waals surface area contributed by atoms with E-state index in [1.807, 2.05) is 13.8 Å². The molecular weight excluding hydrogens is 252 g/mol. The Labute approximate surface area is 112 Å². The molecule has 108 valence electrons. The molecule has 3 atom stereocenters. The van der Waals surface area contributed by atoms with E-state index < -0.39 is 30.4 Å². The Kier molecular flexibility index (Phi) is 5.98. The Morgan fingerprint density at radius 1 is 1.21 bits per heavy atom. The van der Waals surface area contributed by atoms with Crippen LogP contribution in [0.4, 0.5) is 0 Å². The molecule has 19 heavy (non-hydrogen) atoms. The molecule has 6 heteroatoms. The summed E-state index contributed by atoms with van der Waals surface area (Å²) in [6, 6.07) is 0. The first kappa shape index (κ1) is 15.7. The van der Waals surface area contributed by atoms with Gasteiger partial charge in [-0.05, 0) is 26.0 Å². The minimum absolute atomic E-state index is 0.00528. The molecule has 0 fully saturated rings. The summed E-state index contributed by atoms with van der Waals surface area (Å²) in [5.74, 6) is -0.838. The van der Waals surface area contributed by atoms with Crippen LogP contribution in [-0.4, -0.2) is 43.1 Å². The van der Waals surface area contributed by atoms with Gasteiger partial charge in [0.05, 0.1) is 6.10 Å². The molecule has 0 N–H and O–H groups in total. The van der Waals surface area contributed by atoms with Crippen molar-refractivity contribution in [2.45, 2.75) is 52.3 Å². The Morgan fingerprint density at radius 3 is 2.42 bits per heavy atom. The highest BCUT2D eigenvalue weighted by atomic mass is 16.7. The van der Waals surface area contributed by atoms with Gasteiger partial charge >= 0.3 is 11.9 Å². The SMILES string of the molecule is CC(=O)OC[C@H]1O[C@@H](OC(C)C)C=C[C@@H]1OC(C)=O. The highest BCUT2D eigenvalue weighted by molar-refractivity contribution is 5.66. The fourth-order valence-electron chi connectivity index (χ4n) is 1.61. The lowest BCUT2D eigenvalue weighted by atomic mass is 10.1. The molecule has 0 spiro atoms. The van der Waals surface area contributed by atoms with E-state index in [1.54, 1.807) is 12.2 Å². The van der Waals surface area contributed by atoms with Crippen molar-refractivity contribution in [1.82, 2.24) is 0 Å². The number of hydrogen-bond donors (Lipinski definition) is 0. The molecule has 0 bridgehead atoms. The van der Waals surface area contributed by atoms with Crippen LogP contribution in [0.25, 0.3) is 0 Å². The molecule has 0 aliphatic carbocycles. The number of esters is 2. The van der Waals surface area contributed by atoms with E-state index in [1.165, 1.54) is 13.8 Å². The summed E-state index contributed by atoms with van der Waals surface area (Å²) in [6.07, 6.45) is 1.68. The van der Waals surface area contributed by atoms with Crippen molar-refractivity contribution in [3.05, 3.63) is 12.2 Å². The second-order valence-corrected chi connectivity index (χ2v) is 4.49. The van der Waals surface area contributed by atoms with Crippen LogP contribution in [0.5, 0.6) is 0 Å². The Bertz CT molecular complexity index is 349. The average Bonchev–Trinajstić information content (AvgIpc) is 2.27. The summed E-state index contributed by atoms with van der Waals surface area (Å²) < 4.78 is 21.1. The molecule has 0 aromatic heterocycles. The molecule has 1 rings (SSSR count). The molecule has 1 heterocycles. The van der Waals surface area contributed by atoms with E-state index in [0.29, 0.717) is 0 Å². The monoisotopic (exact) mass is 272 g/mol. The second kappa shape index (κ2) is 7.25. The van der Waals surface area contributed by atoms with Crippen molar-refractivity contribution in [2.75, 3.05) is 6.61 Å². The summed E-state index contributed by atoms with van der Waals surface area (Å²) in [5.41, 5.74) is 0. The van der Waals surface area contributed by atoms with E-state index in [9.17, 15) is 9.59 Å². The molecule has 0 aromatic carbocycles. The molecule has 0 radical (unpaired) electrons. The summed E-state index contributed by atoms with van der Waals surface area (Å²) in [4.78, 5) is 21.8. The maximum Gasteiger partial charge on any atom is 0.303 e. The smallest absolute Gasteiger partial charge is 0.303 e. The fraction of sp³-hybridized carbons (Fsp3) is 0.692.